The lowest BCUT2D eigenvalue weighted by Crippen LogP contribution is -2.50. The molecule has 1 rings (SSSR count). The van der Waals surface area contributed by atoms with Crippen LogP contribution >= 0.6 is 0 Å². The second kappa shape index (κ2) is 5.02. The molecular weight excluding hydrogens is 273 g/mol. The van der Waals surface area contributed by atoms with E-state index in [2.05, 4.69) is 0 Å². The average Bonchev–Trinajstić information content (AvgIpc) is 2.29. The summed E-state index contributed by atoms with van der Waals surface area (Å²) in [5.74, 6) is -7.83. The van der Waals surface area contributed by atoms with Crippen molar-refractivity contribution in [3.8, 4) is 5.75 Å². The van der Waals surface area contributed by atoms with E-state index in [0.717, 1.165) is 7.05 Å². The molecule has 0 aromatic heterocycles. The van der Waals surface area contributed by atoms with Crippen molar-refractivity contribution in [2.45, 2.75) is 18.6 Å². The molecule has 0 aliphatic heterocycles. The number of hydrogen-bond donors (Lipinski definition) is 1. The monoisotopic (exact) mass is 283 g/mol. The minimum absolute atomic E-state index is 0.0849. The average molecular weight is 283 g/mol. The third kappa shape index (κ3) is 3.33. The Morgan fingerprint density at radius 3 is 2.05 bits per heavy atom. The number of benzene rings is 1. The molecule has 1 aromatic rings. The van der Waals surface area contributed by atoms with Crippen molar-refractivity contribution >= 4 is 5.91 Å². The molecule has 0 bridgehead atoms. The van der Waals surface area contributed by atoms with Gasteiger partial charge in [0.15, 0.2) is 0 Å². The van der Waals surface area contributed by atoms with Gasteiger partial charge in [0.05, 0.1) is 0 Å². The Bertz CT molecular complexity index is 455. The van der Waals surface area contributed by atoms with Crippen molar-refractivity contribution in [1.82, 2.24) is 4.90 Å². The van der Waals surface area contributed by atoms with E-state index in [-0.39, 0.29) is 10.6 Å². The lowest BCUT2D eigenvalue weighted by Gasteiger charge is -2.24. The highest BCUT2D eigenvalue weighted by Gasteiger charge is 2.64. The Morgan fingerprint density at radius 2 is 1.63 bits per heavy atom. The van der Waals surface area contributed by atoms with E-state index >= 15 is 0 Å². The number of phenolic OH excluding ortho intramolecular Hbond substituents is 1. The fourth-order valence-electron chi connectivity index (χ4n) is 1.31. The molecule has 19 heavy (non-hydrogen) atoms. The Balaban J connectivity index is 2.81. The van der Waals surface area contributed by atoms with E-state index in [4.69, 9.17) is 5.11 Å². The Kier molecular flexibility index (Phi) is 4.02. The first-order valence-electron chi connectivity index (χ1n) is 5.03. The van der Waals surface area contributed by atoms with Gasteiger partial charge in [0.25, 0.3) is 0 Å². The summed E-state index contributed by atoms with van der Waals surface area (Å²) in [4.78, 5) is 11.4. The maximum Gasteiger partial charge on any atom is 0.463 e. The molecule has 3 nitrogen and oxygen atoms in total. The molecule has 0 saturated heterocycles. The Morgan fingerprint density at radius 1 is 1.16 bits per heavy atom. The molecule has 0 fully saturated rings. The number of aromatic hydroxyl groups is 1. The van der Waals surface area contributed by atoms with Gasteiger partial charge < -0.3 is 10.0 Å². The van der Waals surface area contributed by atoms with Crippen molar-refractivity contribution in [3.63, 3.8) is 0 Å². The van der Waals surface area contributed by atoms with Gasteiger partial charge >= 0.3 is 18.0 Å². The van der Waals surface area contributed by atoms with Crippen LogP contribution in [0.3, 0.4) is 0 Å². The second-order valence-electron chi connectivity index (χ2n) is 3.90. The third-order valence-corrected chi connectivity index (χ3v) is 2.33. The van der Waals surface area contributed by atoms with E-state index < -0.39 is 24.6 Å². The van der Waals surface area contributed by atoms with Crippen molar-refractivity contribution in [2.24, 2.45) is 0 Å². The highest BCUT2D eigenvalue weighted by molar-refractivity contribution is 5.84. The van der Waals surface area contributed by atoms with Crippen molar-refractivity contribution in [1.29, 1.82) is 0 Å². The number of rotatable bonds is 3. The Hall–Kier alpha value is -1.86. The van der Waals surface area contributed by atoms with Crippen LogP contribution in [0, 0.1) is 0 Å². The van der Waals surface area contributed by atoms with Crippen molar-refractivity contribution < 1.29 is 31.9 Å². The van der Waals surface area contributed by atoms with E-state index in [0.29, 0.717) is 5.56 Å². The number of carbonyl (C=O) groups excluding carboxylic acids is 1. The highest BCUT2D eigenvalue weighted by Crippen LogP contribution is 2.36. The summed E-state index contributed by atoms with van der Waals surface area (Å²) in [5.41, 5.74) is 0.312. The molecule has 0 saturated carbocycles. The topological polar surface area (TPSA) is 40.5 Å². The minimum atomic E-state index is -5.92. The zero-order valence-corrected chi connectivity index (χ0v) is 9.71. The van der Waals surface area contributed by atoms with Gasteiger partial charge in [-0.25, -0.2) is 0 Å². The molecule has 8 heteroatoms. The molecular formula is C11H10F5NO2. The van der Waals surface area contributed by atoms with Gasteiger partial charge in [0.1, 0.15) is 5.75 Å². The molecule has 1 aromatic carbocycles. The summed E-state index contributed by atoms with van der Waals surface area (Å²) >= 11 is 0. The summed E-state index contributed by atoms with van der Waals surface area (Å²) in [6, 6.07) is 5.08. The fraction of sp³-hybridized carbons (Fsp3) is 0.364. The van der Waals surface area contributed by atoms with Crippen LogP contribution in [0.1, 0.15) is 5.56 Å². The zero-order valence-electron chi connectivity index (χ0n) is 9.71. The quantitative estimate of drug-likeness (QED) is 0.866. The normalized spacial score (nSPS) is 12.3. The van der Waals surface area contributed by atoms with Gasteiger partial charge in [-0.15, -0.1) is 0 Å². The van der Waals surface area contributed by atoms with E-state index in [1.165, 1.54) is 24.3 Å². The predicted molar refractivity (Wildman–Crippen MR) is 55.6 cm³/mol. The summed E-state index contributed by atoms with van der Waals surface area (Å²) in [6.07, 6.45) is -5.92. The van der Waals surface area contributed by atoms with Crippen LogP contribution in [0.5, 0.6) is 5.75 Å². The van der Waals surface area contributed by atoms with Crippen LogP contribution in [0.2, 0.25) is 0 Å². The van der Waals surface area contributed by atoms with Crippen LogP contribution in [0.25, 0.3) is 0 Å². The number of amides is 1. The first-order chi connectivity index (χ1) is 8.55. The number of alkyl halides is 5. The van der Waals surface area contributed by atoms with Gasteiger partial charge in [-0.3, -0.25) is 4.79 Å². The number of phenols is 1. The standard InChI is InChI=1S/C11H10F5NO2/c1-17(6-7-2-4-8(18)5-3-7)9(19)10(12,13)11(14,15)16/h2-5,18H,6H2,1H3. The summed E-state index contributed by atoms with van der Waals surface area (Å²) in [7, 11) is 0.842. The van der Waals surface area contributed by atoms with Gasteiger partial charge in [-0.2, -0.15) is 22.0 Å². The van der Waals surface area contributed by atoms with Crippen LogP contribution in [0.4, 0.5) is 22.0 Å². The molecule has 0 spiro atoms. The molecule has 1 N–H and O–H groups in total. The fourth-order valence-corrected chi connectivity index (χ4v) is 1.31. The SMILES string of the molecule is CN(Cc1ccc(O)cc1)C(=O)C(F)(F)C(F)(F)F. The molecule has 0 radical (unpaired) electrons. The molecule has 0 unspecified atom stereocenters. The predicted octanol–water partition coefficient (Wildman–Crippen LogP) is 2.55. The van der Waals surface area contributed by atoms with Gasteiger partial charge in [-0.05, 0) is 17.7 Å². The van der Waals surface area contributed by atoms with Crippen molar-refractivity contribution in [2.75, 3.05) is 7.05 Å². The number of carbonyl (C=O) groups is 1. The van der Waals surface area contributed by atoms with E-state index in [1.807, 2.05) is 0 Å². The second-order valence-corrected chi connectivity index (χ2v) is 3.90. The molecule has 0 aliphatic carbocycles. The minimum Gasteiger partial charge on any atom is -0.508 e. The van der Waals surface area contributed by atoms with E-state index in [9.17, 15) is 26.7 Å². The van der Waals surface area contributed by atoms with Gasteiger partial charge in [0, 0.05) is 13.6 Å². The van der Waals surface area contributed by atoms with Gasteiger partial charge in [-0.1, -0.05) is 12.1 Å². The largest absolute Gasteiger partial charge is 0.508 e. The van der Waals surface area contributed by atoms with Crippen LogP contribution in [-0.4, -0.2) is 35.1 Å². The van der Waals surface area contributed by atoms with Gasteiger partial charge in [0.2, 0.25) is 0 Å². The summed E-state index contributed by atoms with van der Waals surface area (Å²) < 4.78 is 61.6. The first kappa shape index (κ1) is 15.2. The Labute approximate surface area is 105 Å². The maximum atomic E-state index is 12.8. The third-order valence-electron chi connectivity index (χ3n) is 2.33. The number of nitrogens with zero attached hydrogens (tertiary/aromatic N) is 1. The van der Waals surface area contributed by atoms with Crippen LogP contribution in [0.15, 0.2) is 24.3 Å². The summed E-state index contributed by atoms with van der Waals surface area (Å²) in [5, 5.41) is 8.99. The highest BCUT2D eigenvalue weighted by atomic mass is 19.4. The smallest absolute Gasteiger partial charge is 0.463 e. The zero-order chi connectivity index (χ0) is 14.8. The maximum absolute atomic E-state index is 12.8. The lowest BCUT2D eigenvalue weighted by atomic mass is 10.2. The molecule has 0 aliphatic rings. The van der Waals surface area contributed by atoms with Crippen LogP contribution in [-0.2, 0) is 11.3 Å². The molecule has 1 amide bonds. The molecule has 106 valence electrons. The summed E-state index contributed by atoms with van der Waals surface area (Å²) in [6.45, 7) is -0.426. The molecule has 0 atom stereocenters. The number of halogens is 5. The van der Waals surface area contributed by atoms with Crippen LogP contribution < -0.4 is 0 Å². The molecule has 0 heterocycles. The first-order valence-corrected chi connectivity index (χ1v) is 5.03. The lowest BCUT2D eigenvalue weighted by molar-refractivity contribution is -0.274. The van der Waals surface area contributed by atoms with E-state index in [1.54, 1.807) is 0 Å². The number of hydrogen-bond acceptors (Lipinski definition) is 2. The van der Waals surface area contributed by atoms with Crippen molar-refractivity contribution in [3.05, 3.63) is 29.8 Å².